The number of nitrogens with zero attached hydrogens (tertiary/aromatic N) is 2. The van der Waals surface area contributed by atoms with Crippen molar-refractivity contribution in [1.29, 1.82) is 0 Å². The summed E-state index contributed by atoms with van der Waals surface area (Å²) in [7, 11) is 4.27. The number of hydrogen-bond donors (Lipinski definition) is 1. The molecule has 0 bridgehead atoms. The number of nitrogens with one attached hydrogen (secondary N) is 1. The molecule has 1 amide bonds. The van der Waals surface area contributed by atoms with Crippen molar-refractivity contribution in [1.82, 2.24) is 15.1 Å². The lowest BCUT2D eigenvalue weighted by molar-refractivity contribution is -0.180. The average molecular weight is 339 g/mol. The van der Waals surface area contributed by atoms with Gasteiger partial charge >= 0.3 is 0 Å². The molecule has 3 aliphatic rings. The molecule has 24 heavy (non-hydrogen) atoms. The van der Waals surface area contributed by atoms with Crippen molar-refractivity contribution in [2.24, 2.45) is 5.92 Å². The first-order chi connectivity index (χ1) is 11.5. The minimum atomic E-state index is -0.338. The summed E-state index contributed by atoms with van der Waals surface area (Å²) in [4.78, 5) is 16.9. The number of carbonyl (C=O) groups excluding carboxylic acids is 1. The number of ether oxygens (including phenoxy) is 2. The number of carbonyl (C=O) groups is 1. The lowest BCUT2D eigenvalue weighted by Crippen LogP contribution is -2.48. The predicted molar refractivity (Wildman–Crippen MR) is 92.8 cm³/mol. The highest BCUT2D eigenvalue weighted by molar-refractivity contribution is 5.78. The van der Waals surface area contributed by atoms with E-state index in [0.29, 0.717) is 19.8 Å². The number of hydrogen-bond acceptors (Lipinski definition) is 5. The summed E-state index contributed by atoms with van der Waals surface area (Å²) in [6, 6.07) is 0.280. The lowest BCUT2D eigenvalue weighted by atomic mass is 9.90. The van der Waals surface area contributed by atoms with Crippen LogP contribution in [0.5, 0.6) is 0 Å². The van der Waals surface area contributed by atoms with Crippen molar-refractivity contribution in [2.45, 2.75) is 50.4 Å². The van der Waals surface area contributed by atoms with Crippen LogP contribution in [-0.4, -0.2) is 81.0 Å². The third-order valence-corrected chi connectivity index (χ3v) is 5.62. The Balaban J connectivity index is 1.33. The van der Waals surface area contributed by atoms with Crippen molar-refractivity contribution in [3.63, 3.8) is 0 Å². The van der Waals surface area contributed by atoms with Crippen LogP contribution in [0.2, 0.25) is 0 Å². The fraction of sp³-hybridized carbons (Fsp3) is 0.944. The second-order valence-electron chi connectivity index (χ2n) is 7.93. The number of likely N-dealkylation sites (tertiary alicyclic amines) is 1. The highest BCUT2D eigenvalue weighted by Gasteiger charge is 2.40. The molecule has 1 aliphatic carbocycles. The first-order valence-electron chi connectivity index (χ1n) is 9.49. The summed E-state index contributed by atoms with van der Waals surface area (Å²) in [5, 5.41) is 3.22. The molecule has 0 aromatic carbocycles. The second-order valence-corrected chi connectivity index (χ2v) is 7.93. The summed E-state index contributed by atoms with van der Waals surface area (Å²) >= 11 is 0. The molecular weight excluding hydrogens is 306 g/mol. The van der Waals surface area contributed by atoms with Crippen LogP contribution in [-0.2, 0) is 14.3 Å². The molecule has 6 heteroatoms. The molecular formula is C18H33N3O3. The van der Waals surface area contributed by atoms with E-state index in [0.717, 1.165) is 51.2 Å². The van der Waals surface area contributed by atoms with Gasteiger partial charge in [-0.1, -0.05) is 0 Å². The van der Waals surface area contributed by atoms with E-state index in [2.05, 4.69) is 29.2 Å². The number of rotatable bonds is 5. The van der Waals surface area contributed by atoms with E-state index in [1.165, 1.54) is 12.8 Å². The molecule has 138 valence electrons. The molecule has 1 N–H and O–H groups in total. The smallest absolute Gasteiger partial charge is 0.234 e. The monoisotopic (exact) mass is 339 g/mol. The second kappa shape index (κ2) is 8.13. The number of amides is 1. The third-order valence-electron chi connectivity index (χ3n) is 5.62. The number of piperidine rings is 1. The van der Waals surface area contributed by atoms with Crippen LogP contribution in [0.25, 0.3) is 0 Å². The topological polar surface area (TPSA) is 54.0 Å². The Morgan fingerprint density at radius 1 is 1.12 bits per heavy atom. The molecule has 3 fully saturated rings. The van der Waals surface area contributed by atoms with Crippen LogP contribution in [0.15, 0.2) is 0 Å². The summed E-state index contributed by atoms with van der Waals surface area (Å²) in [5.74, 6) is 0.616. The van der Waals surface area contributed by atoms with Crippen LogP contribution in [0, 0.1) is 5.92 Å². The minimum absolute atomic E-state index is 0.176. The van der Waals surface area contributed by atoms with Gasteiger partial charge in [0.1, 0.15) is 0 Å². The molecule has 2 aliphatic heterocycles. The van der Waals surface area contributed by atoms with Crippen LogP contribution in [0.4, 0.5) is 0 Å². The van der Waals surface area contributed by atoms with Gasteiger partial charge in [-0.15, -0.1) is 0 Å². The highest BCUT2D eigenvalue weighted by atomic mass is 16.7. The maximum absolute atomic E-state index is 12.3. The predicted octanol–water partition coefficient (Wildman–Crippen LogP) is 1.06. The zero-order valence-electron chi connectivity index (χ0n) is 15.3. The molecule has 0 atom stereocenters. The van der Waals surface area contributed by atoms with Crippen LogP contribution < -0.4 is 5.32 Å². The van der Waals surface area contributed by atoms with Crippen molar-refractivity contribution < 1.29 is 14.3 Å². The Hall–Kier alpha value is -0.690. The van der Waals surface area contributed by atoms with E-state index in [9.17, 15) is 4.79 Å². The molecule has 1 saturated carbocycles. The van der Waals surface area contributed by atoms with Gasteiger partial charge in [-0.05, 0) is 58.8 Å². The van der Waals surface area contributed by atoms with Gasteiger partial charge in [0.05, 0.1) is 19.8 Å². The first-order valence-corrected chi connectivity index (χ1v) is 9.49. The zero-order valence-corrected chi connectivity index (χ0v) is 15.3. The zero-order chi connectivity index (χ0) is 17.0. The van der Waals surface area contributed by atoms with E-state index in [1.807, 2.05) is 0 Å². The summed E-state index contributed by atoms with van der Waals surface area (Å²) < 4.78 is 11.5. The van der Waals surface area contributed by atoms with Gasteiger partial charge in [0.15, 0.2) is 5.79 Å². The summed E-state index contributed by atoms with van der Waals surface area (Å²) in [6.45, 7) is 5.21. The van der Waals surface area contributed by atoms with Gasteiger partial charge in [-0.3, -0.25) is 9.69 Å². The van der Waals surface area contributed by atoms with Gasteiger partial charge in [0, 0.05) is 25.4 Å². The Kier molecular flexibility index (Phi) is 6.13. The normalized spacial score (nSPS) is 26.3. The molecule has 0 aromatic rings. The Morgan fingerprint density at radius 3 is 2.33 bits per heavy atom. The molecule has 0 aromatic heterocycles. The Morgan fingerprint density at radius 2 is 1.75 bits per heavy atom. The fourth-order valence-electron chi connectivity index (χ4n) is 4.31. The van der Waals surface area contributed by atoms with Gasteiger partial charge in [0.2, 0.25) is 5.91 Å². The van der Waals surface area contributed by atoms with E-state index < -0.39 is 0 Å². The maximum Gasteiger partial charge on any atom is 0.234 e. The van der Waals surface area contributed by atoms with Crippen molar-refractivity contribution in [3.8, 4) is 0 Å². The van der Waals surface area contributed by atoms with E-state index in [1.54, 1.807) is 0 Å². The van der Waals surface area contributed by atoms with E-state index in [-0.39, 0.29) is 17.7 Å². The van der Waals surface area contributed by atoms with Gasteiger partial charge in [-0.25, -0.2) is 0 Å². The van der Waals surface area contributed by atoms with Crippen molar-refractivity contribution in [3.05, 3.63) is 0 Å². The van der Waals surface area contributed by atoms with Gasteiger partial charge in [-0.2, -0.15) is 0 Å². The van der Waals surface area contributed by atoms with Crippen molar-refractivity contribution in [2.75, 3.05) is 53.5 Å². The molecule has 0 radical (unpaired) electrons. The largest absolute Gasteiger partial charge is 0.352 e. The minimum Gasteiger partial charge on any atom is -0.352 e. The fourth-order valence-corrected chi connectivity index (χ4v) is 4.31. The molecule has 3 rings (SSSR count). The van der Waals surface area contributed by atoms with Gasteiger partial charge in [0.25, 0.3) is 0 Å². The molecule has 2 heterocycles. The lowest BCUT2D eigenvalue weighted by Gasteiger charge is -2.36. The Bertz CT molecular complexity index is 406. The van der Waals surface area contributed by atoms with Crippen LogP contribution >= 0.6 is 0 Å². The van der Waals surface area contributed by atoms with Crippen LogP contribution in [0.3, 0.4) is 0 Å². The molecule has 1 spiro atoms. The average Bonchev–Trinajstić information content (AvgIpc) is 3.00. The van der Waals surface area contributed by atoms with Crippen molar-refractivity contribution >= 4 is 5.91 Å². The summed E-state index contributed by atoms with van der Waals surface area (Å²) in [5.41, 5.74) is 0. The summed E-state index contributed by atoms with van der Waals surface area (Å²) in [6.07, 6.45) is 6.10. The van der Waals surface area contributed by atoms with Crippen LogP contribution in [0.1, 0.15) is 38.5 Å². The quantitative estimate of drug-likeness (QED) is 0.812. The van der Waals surface area contributed by atoms with Gasteiger partial charge < -0.3 is 19.7 Å². The van der Waals surface area contributed by atoms with E-state index in [4.69, 9.17) is 9.47 Å². The first kappa shape index (κ1) is 18.1. The third kappa shape index (κ3) is 4.91. The maximum atomic E-state index is 12.3. The SMILES string of the molecule is CN(C)CC1CCN(CC(=O)NC2CCC3(CC2)OCCO3)CC1. The molecule has 6 nitrogen and oxygen atoms in total. The molecule has 2 saturated heterocycles. The molecule has 0 unspecified atom stereocenters. The highest BCUT2D eigenvalue weighted by Crippen LogP contribution is 2.35. The Labute approximate surface area is 145 Å². The van der Waals surface area contributed by atoms with E-state index >= 15 is 0 Å². The standard InChI is InChI=1S/C18H33N3O3/c1-20(2)13-15-5-9-21(10-6-15)14-17(22)19-16-3-7-18(8-4-16)23-11-12-24-18/h15-16H,3-14H2,1-2H3,(H,19,22).